The Bertz CT molecular complexity index is 357. The van der Waals surface area contributed by atoms with Gasteiger partial charge in [0, 0.05) is 19.3 Å². The zero-order valence-corrected chi connectivity index (χ0v) is 12.2. The van der Waals surface area contributed by atoms with Crippen LogP contribution in [0.4, 0.5) is 0 Å². The third-order valence-electron chi connectivity index (χ3n) is 6.10. The Balaban J connectivity index is 1.89. The molecule has 2 atom stereocenters. The van der Waals surface area contributed by atoms with Crippen LogP contribution in [-0.4, -0.2) is 25.3 Å². The van der Waals surface area contributed by atoms with E-state index in [4.69, 9.17) is 9.47 Å². The van der Waals surface area contributed by atoms with Crippen molar-refractivity contribution in [2.75, 3.05) is 13.2 Å². The van der Waals surface area contributed by atoms with Gasteiger partial charge >= 0.3 is 0 Å². The van der Waals surface area contributed by atoms with Crippen molar-refractivity contribution >= 4 is 6.29 Å². The van der Waals surface area contributed by atoms with Gasteiger partial charge in [-0.15, -0.1) is 0 Å². The van der Waals surface area contributed by atoms with Gasteiger partial charge in [0.05, 0.1) is 13.2 Å². The van der Waals surface area contributed by atoms with E-state index >= 15 is 0 Å². The first-order chi connectivity index (χ1) is 9.04. The zero-order valence-electron chi connectivity index (χ0n) is 12.2. The summed E-state index contributed by atoms with van der Waals surface area (Å²) < 4.78 is 12.0. The van der Waals surface area contributed by atoms with Crippen LogP contribution in [0.1, 0.15) is 58.8 Å². The van der Waals surface area contributed by atoms with Crippen molar-refractivity contribution in [2.45, 2.75) is 64.6 Å². The van der Waals surface area contributed by atoms with E-state index in [9.17, 15) is 4.79 Å². The van der Waals surface area contributed by atoms with Gasteiger partial charge in [-0.05, 0) is 36.0 Å². The van der Waals surface area contributed by atoms with Crippen molar-refractivity contribution in [2.24, 2.45) is 16.7 Å². The van der Waals surface area contributed by atoms with Crippen molar-refractivity contribution in [3.8, 4) is 0 Å². The normalized spacial score (nSPS) is 39.4. The molecule has 108 valence electrons. The number of hydrogen-bond donors (Lipinski definition) is 0. The highest BCUT2D eigenvalue weighted by molar-refractivity contribution is 5.49. The molecule has 3 rings (SSSR count). The lowest BCUT2D eigenvalue weighted by atomic mass is 9.51. The molecule has 0 bridgehead atoms. The Morgan fingerprint density at radius 1 is 1.26 bits per heavy atom. The summed E-state index contributed by atoms with van der Waals surface area (Å²) in [5.41, 5.74) is 0.522. The fourth-order valence-corrected chi connectivity index (χ4v) is 5.33. The number of ether oxygens (including phenoxy) is 2. The van der Waals surface area contributed by atoms with Crippen LogP contribution >= 0.6 is 0 Å². The van der Waals surface area contributed by atoms with E-state index in [-0.39, 0.29) is 11.2 Å². The first kappa shape index (κ1) is 13.6. The molecule has 2 aliphatic carbocycles. The fraction of sp³-hybridized carbons (Fsp3) is 0.938. The zero-order chi connectivity index (χ0) is 13.6. The van der Waals surface area contributed by atoms with E-state index in [0.717, 1.165) is 38.8 Å². The van der Waals surface area contributed by atoms with Crippen LogP contribution in [0, 0.1) is 16.7 Å². The molecular formula is C16H26O3. The Hall–Kier alpha value is -0.410. The molecule has 1 spiro atoms. The highest BCUT2D eigenvalue weighted by Gasteiger charge is 2.61. The number of fused-ring (bicyclic) bond motifs is 1. The maximum atomic E-state index is 10.8. The molecule has 3 aliphatic rings. The number of aldehydes is 1. The lowest BCUT2D eigenvalue weighted by Gasteiger charge is -2.57. The van der Waals surface area contributed by atoms with E-state index < -0.39 is 0 Å². The first-order valence-corrected chi connectivity index (χ1v) is 7.75. The quantitative estimate of drug-likeness (QED) is 0.735. The molecule has 0 amide bonds. The van der Waals surface area contributed by atoms with Gasteiger partial charge in [-0.25, -0.2) is 0 Å². The highest BCUT2D eigenvalue weighted by atomic mass is 16.7. The van der Waals surface area contributed by atoms with E-state index in [1.54, 1.807) is 0 Å². The molecule has 0 N–H and O–H groups in total. The molecular weight excluding hydrogens is 240 g/mol. The van der Waals surface area contributed by atoms with E-state index in [1.165, 1.54) is 19.3 Å². The van der Waals surface area contributed by atoms with Crippen LogP contribution < -0.4 is 0 Å². The molecule has 0 radical (unpaired) electrons. The van der Waals surface area contributed by atoms with Crippen molar-refractivity contribution in [1.82, 2.24) is 0 Å². The second-order valence-corrected chi connectivity index (χ2v) is 7.32. The topological polar surface area (TPSA) is 35.5 Å². The molecule has 1 heterocycles. The van der Waals surface area contributed by atoms with Crippen LogP contribution in [0.3, 0.4) is 0 Å². The maximum absolute atomic E-state index is 10.8. The van der Waals surface area contributed by atoms with Crippen molar-refractivity contribution < 1.29 is 14.3 Å². The van der Waals surface area contributed by atoms with Crippen molar-refractivity contribution in [1.29, 1.82) is 0 Å². The van der Waals surface area contributed by atoms with E-state index in [0.29, 0.717) is 17.8 Å². The van der Waals surface area contributed by atoms with Gasteiger partial charge in [0.2, 0.25) is 0 Å². The summed E-state index contributed by atoms with van der Waals surface area (Å²) >= 11 is 0. The van der Waals surface area contributed by atoms with Crippen LogP contribution in [0.2, 0.25) is 0 Å². The Kier molecular flexibility index (Phi) is 3.25. The molecule has 0 aromatic rings. The Morgan fingerprint density at radius 2 is 2.00 bits per heavy atom. The second-order valence-electron chi connectivity index (χ2n) is 7.32. The minimum Gasteiger partial charge on any atom is -0.348 e. The SMILES string of the molecule is CC1(C)CC2(C[C@@H]3CCC[C@@]31CCC=O)OCCO2. The van der Waals surface area contributed by atoms with Crippen LogP contribution in [-0.2, 0) is 14.3 Å². The van der Waals surface area contributed by atoms with Gasteiger partial charge in [-0.3, -0.25) is 0 Å². The molecule has 2 saturated carbocycles. The molecule has 1 saturated heterocycles. The van der Waals surface area contributed by atoms with Gasteiger partial charge in [-0.1, -0.05) is 20.3 Å². The number of carbonyl (C=O) groups is 1. The van der Waals surface area contributed by atoms with Crippen molar-refractivity contribution in [3.63, 3.8) is 0 Å². The monoisotopic (exact) mass is 266 g/mol. The summed E-state index contributed by atoms with van der Waals surface area (Å²) in [4.78, 5) is 10.8. The van der Waals surface area contributed by atoms with Gasteiger partial charge in [0.1, 0.15) is 6.29 Å². The summed E-state index contributed by atoms with van der Waals surface area (Å²) in [5, 5.41) is 0. The summed E-state index contributed by atoms with van der Waals surface area (Å²) in [5.74, 6) is 0.345. The smallest absolute Gasteiger partial charge is 0.169 e. The molecule has 0 aromatic carbocycles. The van der Waals surface area contributed by atoms with Gasteiger partial charge in [0.15, 0.2) is 5.79 Å². The second kappa shape index (κ2) is 4.56. The maximum Gasteiger partial charge on any atom is 0.169 e. The summed E-state index contributed by atoms with van der Waals surface area (Å²) in [6.07, 6.45) is 8.70. The number of carbonyl (C=O) groups excluding carboxylic acids is 1. The average Bonchev–Trinajstić information content (AvgIpc) is 2.95. The predicted molar refractivity (Wildman–Crippen MR) is 72.7 cm³/mol. The fourth-order valence-electron chi connectivity index (χ4n) is 5.33. The molecule has 3 heteroatoms. The molecule has 3 fully saturated rings. The highest BCUT2D eigenvalue weighted by Crippen LogP contribution is 2.66. The summed E-state index contributed by atoms with van der Waals surface area (Å²) in [7, 11) is 0. The average molecular weight is 266 g/mol. The molecule has 19 heavy (non-hydrogen) atoms. The largest absolute Gasteiger partial charge is 0.348 e. The van der Waals surface area contributed by atoms with E-state index in [1.807, 2.05) is 0 Å². The van der Waals surface area contributed by atoms with Gasteiger partial charge < -0.3 is 14.3 Å². The van der Waals surface area contributed by atoms with Crippen LogP contribution in [0.15, 0.2) is 0 Å². The molecule has 0 aromatic heterocycles. The van der Waals surface area contributed by atoms with Gasteiger partial charge in [0.25, 0.3) is 0 Å². The number of rotatable bonds is 3. The summed E-state index contributed by atoms with van der Waals surface area (Å²) in [6.45, 7) is 6.21. The molecule has 1 aliphatic heterocycles. The lowest BCUT2D eigenvalue weighted by molar-refractivity contribution is -0.241. The van der Waals surface area contributed by atoms with E-state index in [2.05, 4.69) is 13.8 Å². The predicted octanol–water partition coefficient (Wildman–Crippen LogP) is 3.32. The molecule has 0 unspecified atom stereocenters. The minimum atomic E-state index is -0.316. The first-order valence-electron chi connectivity index (χ1n) is 7.75. The summed E-state index contributed by atoms with van der Waals surface area (Å²) in [6, 6.07) is 0. The van der Waals surface area contributed by atoms with Crippen LogP contribution in [0.25, 0.3) is 0 Å². The van der Waals surface area contributed by atoms with Crippen molar-refractivity contribution in [3.05, 3.63) is 0 Å². The standard InChI is InChI=1S/C16H26O3/c1-14(2)12-16(18-9-10-19-16)11-13-5-3-6-15(13,14)7-4-8-17/h8,13H,3-7,9-12H2,1-2H3/t13-,15+/m0/s1. The molecule has 3 nitrogen and oxygen atoms in total. The minimum absolute atomic E-state index is 0.194. The third kappa shape index (κ3) is 1.97. The van der Waals surface area contributed by atoms with Gasteiger partial charge in [-0.2, -0.15) is 0 Å². The Morgan fingerprint density at radius 3 is 2.68 bits per heavy atom. The van der Waals surface area contributed by atoms with Crippen LogP contribution in [0.5, 0.6) is 0 Å². The lowest BCUT2D eigenvalue weighted by Crippen LogP contribution is -2.54. The third-order valence-corrected chi connectivity index (χ3v) is 6.10. The number of hydrogen-bond acceptors (Lipinski definition) is 3. The Labute approximate surface area is 116 Å².